The van der Waals surface area contributed by atoms with Crippen LogP contribution in [-0.4, -0.2) is 28.7 Å². The molecule has 0 aromatic heterocycles. The summed E-state index contributed by atoms with van der Waals surface area (Å²) in [6, 6.07) is 6.34. The Labute approximate surface area is 144 Å². The monoisotopic (exact) mass is 499 g/mol. The average Bonchev–Trinajstić information content (AvgIpc) is 2.86. The van der Waals surface area contributed by atoms with E-state index in [9.17, 15) is 4.79 Å². The molecule has 2 nitrogen and oxygen atoms in total. The van der Waals surface area contributed by atoms with Crippen molar-refractivity contribution in [2.75, 3.05) is 11.9 Å². The van der Waals surface area contributed by atoms with Crippen molar-refractivity contribution in [1.82, 2.24) is 4.90 Å². The standard InChI is InChI=1S/C14H16Br2INO/c15-7-1-3-11-4-2-8-18(11)14(19)12-9-10(17)5-6-13(12)16/h5-6,9,11H,1-4,7-8H2. The van der Waals surface area contributed by atoms with Gasteiger partial charge in [0.1, 0.15) is 0 Å². The van der Waals surface area contributed by atoms with Gasteiger partial charge in [-0.1, -0.05) is 15.9 Å². The normalized spacial score (nSPS) is 18.9. The maximum absolute atomic E-state index is 12.7. The topological polar surface area (TPSA) is 20.3 Å². The van der Waals surface area contributed by atoms with Gasteiger partial charge in [0.25, 0.3) is 5.91 Å². The van der Waals surface area contributed by atoms with Gasteiger partial charge in [-0.15, -0.1) is 0 Å². The maximum atomic E-state index is 12.7. The van der Waals surface area contributed by atoms with Crippen LogP contribution in [0.5, 0.6) is 0 Å². The molecule has 1 heterocycles. The second-order valence-electron chi connectivity index (χ2n) is 4.75. The number of carbonyl (C=O) groups excluding carboxylic acids is 1. The highest BCUT2D eigenvalue weighted by Gasteiger charge is 2.29. The largest absolute Gasteiger partial charge is 0.336 e. The molecule has 0 saturated carbocycles. The Balaban J connectivity index is 2.16. The fourth-order valence-electron chi connectivity index (χ4n) is 2.53. The lowest BCUT2D eigenvalue weighted by Gasteiger charge is -2.25. The molecular formula is C14H16Br2INO. The minimum Gasteiger partial charge on any atom is -0.336 e. The van der Waals surface area contributed by atoms with Gasteiger partial charge in [-0.3, -0.25) is 4.79 Å². The second-order valence-corrected chi connectivity index (χ2v) is 7.64. The zero-order valence-electron chi connectivity index (χ0n) is 10.5. The quantitative estimate of drug-likeness (QED) is 0.428. The van der Waals surface area contributed by atoms with E-state index in [0.29, 0.717) is 6.04 Å². The van der Waals surface area contributed by atoms with Crippen LogP contribution in [0.15, 0.2) is 22.7 Å². The Kier molecular flexibility index (Phi) is 6.14. The number of nitrogens with zero attached hydrogens (tertiary/aromatic N) is 1. The molecule has 5 heteroatoms. The summed E-state index contributed by atoms with van der Waals surface area (Å²) in [4.78, 5) is 14.7. The van der Waals surface area contributed by atoms with Crippen molar-refractivity contribution in [3.05, 3.63) is 31.8 Å². The van der Waals surface area contributed by atoms with Gasteiger partial charge in [-0.2, -0.15) is 0 Å². The zero-order valence-corrected chi connectivity index (χ0v) is 15.9. The van der Waals surface area contributed by atoms with Gasteiger partial charge in [-0.25, -0.2) is 0 Å². The SMILES string of the molecule is O=C(c1cc(I)ccc1Br)N1CCCC1CCCBr. The summed E-state index contributed by atoms with van der Waals surface area (Å²) in [6.07, 6.45) is 4.49. The number of rotatable bonds is 4. The third-order valence-corrected chi connectivity index (χ3v) is 5.39. The molecular weight excluding hydrogens is 485 g/mol. The Morgan fingerprint density at radius 1 is 1.47 bits per heavy atom. The molecule has 1 saturated heterocycles. The molecule has 1 aliphatic heterocycles. The van der Waals surface area contributed by atoms with E-state index in [1.165, 1.54) is 0 Å². The summed E-state index contributed by atoms with van der Waals surface area (Å²) >= 11 is 9.21. The molecule has 0 N–H and O–H groups in total. The number of likely N-dealkylation sites (tertiary alicyclic amines) is 1. The smallest absolute Gasteiger partial charge is 0.255 e. The third-order valence-electron chi connectivity index (χ3n) is 3.47. The van der Waals surface area contributed by atoms with E-state index in [-0.39, 0.29) is 5.91 Å². The highest BCUT2D eigenvalue weighted by Crippen LogP contribution is 2.27. The minimum atomic E-state index is 0.169. The molecule has 1 unspecified atom stereocenters. The predicted molar refractivity (Wildman–Crippen MR) is 93.9 cm³/mol. The summed E-state index contributed by atoms with van der Waals surface area (Å²) in [5.74, 6) is 0.169. The summed E-state index contributed by atoms with van der Waals surface area (Å²) < 4.78 is 1.99. The van der Waals surface area contributed by atoms with Crippen molar-refractivity contribution in [1.29, 1.82) is 0 Å². The second kappa shape index (κ2) is 7.41. The summed E-state index contributed by atoms with van der Waals surface area (Å²) in [5.41, 5.74) is 0.789. The molecule has 0 spiro atoms. The first-order valence-corrected chi connectivity index (χ1v) is 9.45. The van der Waals surface area contributed by atoms with Crippen LogP contribution in [0.3, 0.4) is 0 Å². The number of hydrogen-bond acceptors (Lipinski definition) is 1. The first-order valence-electron chi connectivity index (χ1n) is 6.45. The Hall–Kier alpha value is 0.380. The van der Waals surface area contributed by atoms with Crippen molar-refractivity contribution >= 4 is 60.4 Å². The first kappa shape index (κ1) is 15.8. The molecule has 1 aromatic carbocycles. The number of alkyl halides is 1. The Morgan fingerprint density at radius 2 is 2.26 bits per heavy atom. The van der Waals surface area contributed by atoms with Crippen molar-refractivity contribution in [3.63, 3.8) is 0 Å². The molecule has 1 aliphatic rings. The minimum absolute atomic E-state index is 0.169. The number of benzene rings is 1. The molecule has 0 aliphatic carbocycles. The van der Waals surface area contributed by atoms with Crippen molar-refractivity contribution < 1.29 is 4.79 Å². The summed E-state index contributed by atoms with van der Waals surface area (Å²) in [7, 11) is 0. The van der Waals surface area contributed by atoms with E-state index < -0.39 is 0 Å². The molecule has 0 radical (unpaired) electrons. The van der Waals surface area contributed by atoms with E-state index in [1.807, 2.05) is 18.2 Å². The lowest BCUT2D eigenvalue weighted by atomic mass is 10.1. The van der Waals surface area contributed by atoms with Gasteiger partial charge in [0.05, 0.1) is 5.56 Å². The van der Waals surface area contributed by atoms with Gasteiger partial charge in [-0.05, 0) is 82.4 Å². The van der Waals surface area contributed by atoms with Crippen molar-refractivity contribution in [2.24, 2.45) is 0 Å². The summed E-state index contributed by atoms with van der Waals surface area (Å²) in [5, 5.41) is 1.01. The van der Waals surface area contributed by atoms with Gasteiger partial charge in [0.15, 0.2) is 0 Å². The van der Waals surface area contributed by atoms with Crippen LogP contribution in [0.4, 0.5) is 0 Å². The van der Waals surface area contributed by atoms with Gasteiger partial charge in [0, 0.05) is 26.0 Å². The molecule has 1 amide bonds. The third kappa shape index (κ3) is 3.94. The lowest BCUT2D eigenvalue weighted by Crippen LogP contribution is -2.35. The van der Waals surface area contributed by atoms with Crippen LogP contribution in [0, 0.1) is 3.57 Å². The fourth-order valence-corrected chi connectivity index (χ4v) is 3.76. The maximum Gasteiger partial charge on any atom is 0.255 e. The highest BCUT2D eigenvalue weighted by molar-refractivity contribution is 14.1. The van der Waals surface area contributed by atoms with Gasteiger partial charge < -0.3 is 4.90 Å². The molecule has 1 atom stereocenters. The van der Waals surface area contributed by atoms with Crippen molar-refractivity contribution in [2.45, 2.75) is 31.7 Å². The lowest BCUT2D eigenvalue weighted by molar-refractivity contribution is 0.0729. The molecule has 104 valence electrons. The fraction of sp³-hybridized carbons (Fsp3) is 0.500. The zero-order chi connectivity index (χ0) is 13.8. The number of carbonyl (C=O) groups is 1. The summed E-state index contributed by atoms with van der Waals surface area (Å²) in [6.45, 7) is 0.893. The molecule has 19 heavy (non-hydrogen) atoms. The van der Waals surface area contributed by atoms with Crippen LogP contribution in [0.1, 0.15) is 36.0 Å². The van der Waals surface area contributed by atoms with E-state index in [0.717, 1.165) is 51.2 Å². The van der Waals surface area contributed by atoms with Gasteiger partial charge >= 0.3 is 0 Å². The predicted octanol–water partition coefficient (Wildman–Crippen LogP) is 4.83. The Bertz CT molecular complexity index is 467. The van der Waals surface area contributed by atoms with Gasteiger partial charge in [0.2, 0.25) is 0 Å². The average molecular weight is 501 g/mol. The molecule has 2 rings (SSSR count). The van der Waals surface area contributed by atoms with Crippen LogP contribution in [0.2, 0.25) is 0 Å². The van der Waals surface area contributed by atoms with E-state index in [1.54, 1.807) is 0 Å². The molecule has 0 bridgehead atoms. The number of hydrogen-bond donors (Lipinski definition) is 0. The van der Waals surface area contributed by atoms with Crippen LogP contribution in [0.25, 0.3) is 0 Å². The molecule has 1 fully saturated rings. The van der Waals surface area contributed by atoms with Crippen LogP contribution in [-0.2, 0) is 0 Å². The van der Waals surface area contributed by atoms with Crippen LogP contribution >= 0.6 is 54.5 Å². The van der Waals surface area contributed by atoms with E-state index in [4.69, 9.17) is 0 Å². The number of halogens is 3. The van der Waals surface area contributed by atoms with E-state index >= 15 is 0 Å². The van der Waals surface area contributed by atoms with E-state index in [2.05, 4.69) is 59.4 Å². The van der Waals surface area contributed by atoms with Crippen molar-refractivity contribution in [3.8, 4) is 0 Å². The first-order chi connectivity index (χ1) is 9.13. The van der Waals surface area contributed by atoms with Crippen LogP contribution < -0.4 is 0 Å². The number of amides is 1. The molecule has 1 aromatic rings. The highest BCUT2D eigenvalue weighted by atomic mass is 127. The Morgan fingerprint density at radius 3 is 3.00 bits per heavy atom.